The lowest BCUT2D eigenvalue weighted by molar-refractivity contribution is 0.169. The van der Waals surface area contributed by atoms with E-state index in [9.17, 15) is 0 Å². The van der Waals surface area contributed by atoms with Gasteiger partial charge in [-0.1, -0.05) is 6.92 Å². The van der Waals surface area contributed by atoms with E-state index in [0.29, 0.717) is 12.0 Å². The molecule has 1 aliphatic heterocycles. The fourth-order valence-corrected chi connectivity index (χ4v) is 1.75. The van der Waals surface area contributed by atoms with Crippen LogP contribution in [0.4, 0.5) is 0 Å². The fraction of sp³-hybridized carbons (Fsp3) is 1.00. The van der Waals surface area contributed by atoms with Crippen LogP contribution in [-0.2, 0) is 4.74 Å². The first kappa shape index (κ1) is 11.0. The van der Waals surface area contributed by atoms with Crippen LogP contribution in [0.2, 0.25) is 0 Å². The smallest absolute Gasteiger partial charge is 0.0584 e. The Labute approximate surface area is 80.5 Å². The molecule has 0 spiro atoms. The second-order valence-electron chi connectivity index (χ2n) is 3.87. The summed E-state index contributed by atoms with van der Waals surface area (Å²) in [6.45, 7) is 6.26. The first-order valence-electron chi connectivity index (χ1n) is 5.22. The van der Waals surface area contributed by atoms with Crippen molar-refractivity contribution in [2.45, 2.75) is 38.8 Å². The minimum Gasteiger partial charge on any atom is -0.395 e. The molecule has 2 N–H and O–H groups in total. The minimum atomic E-state index is 0.231. The molecule has 0 amide bonds. The molecule has 1 heterocycles. The number of rotatable bonds is 5. The van der Waals surface area contributed by atoms with E-state index in [4.69, 9.17) is 9.84 Å². The summed E-state index contributed by atoms with van der Waals surface area (Å²) >= 11 is 0. The summed E-state index contributed by atoms with van der Waals surface area (Å²) in [4.78, 5) is 0. The number of nitrogens with one attached hydrogen (secondary N) is 1. The normalized spacial score (nSPS) is 27.5. The molecule has 3 unspecified atom stereocenters. The van der Waals surface area contributed by atoms with E-state index in [1.54, 1.807) is 0 Å². The van der Waals surface area contributed by atoms with E-state index in [0.717, 1.165) is 26.1 Å². The van der Waals surface area contributed by atoms with Crippen molar-refractivity contribution in [3.8, 4) is 0 Å². The summed E-state index contributed by atoms with van der Waals surface area (Å²) in [5, 5.41) is 12.5. The predicted molar refractivity (Wildman–Crippen MR) is 52.7 cm³/mol. The molecule has 0 aromatic heterocycles. The van der Waals surface area contributed by atoms with Gasteiger partial charge in [0.2, 0.25) is 0 Å². The third-order valence-electron chi connectivity index (χ3n) is 2.88. The topological polar surface area (TPSA) is 41.5 Å². The number of aliphatic hydroxyl groups excluding tert-OH is 1. The van der Waals surface area contributed by atoms with Crippen LogP contribution < -0.4 is 5.32 Å². The Morgan fingerprint density at radius 1 is 1.62 bits per heavy atom. The van der Waals surface area contributed by atoms with Crippen LogP contribution in [0.15, 0.2) is 0 Å². The Hall–Kier alpha value is -0.120. The molecule has 0 radical (unpaired) electrons. The monoisotopic (exact) mass is 187 g/mol. The second-order valence-corrected chi connectivity index (χ2v) is 3.87. The molecule has 0 aliphatic carbocycles. The molecule has 3 nitrogen and oxygen atoms in total. The summed E-state index contributed by atoms with van der Waals surface area (Å²) in [5.41, 5.74) is 0. The molecule has 0 aromatic carbocycles. The first-order chi connectivity index (χ1) is 6.27. The van der Waals surface area contributed by atoms with Crippen molar-refractivity contribution < 1.29 is 9.84 Å². The average molecular weight is 187 g/mol. The molecule has 0 bridgehead atoms. The van der Waals surface area contributed by atoms with E-state index in [1.807, 2.05) is 0 Å². The lowest BCUT2D eigenvalue weighted by Crippen LogP contribution is -2.42. The summed E-state index contributed by atoms with van der Waals surface area (Å²) in [7, 11) is 0. The molecule has 1 fully saturated rings. The maximum absolute atomic E-state index is 9.02. The van der Waals surface area contributed by atoms with Crippen LogP contribution in [0.25, 0.3) is 0 Å². The highest BCUT2D eigenvalue weighted by atomic mass is 16.5. The molecular weight excluding hydrogens is 166 g/mol. The number of hydrogen-bond acceptors (Lipinski definition) is 3. The molecular formula is C10H21NO2. The number of hydrogen-bond donors (Lipinski definition) is 2. The molecule has 1 rings (SSSR count). The van der Waals surface area contributed by atoms with Crippen molar-refractivity contribution in [3.63, 3.8) is 0 Å². The third-order valence-corrected chi connectivity index (χ3v) is 2.88. The Bertz CT molecular complexity index is 131. The SMILES string of the molecule is CCC(CO)NC(C)C1CCOC1. The van der Waals surface area contributed by atoms with E-state index in [-0.39, 0.29) is 12.6 Å². The van der Waals surface area contributed by atoms with Crippen LogP contribution in [-0.4, -0.2) is 37.0 Å². The maximum Gasteiger partial charge on any atom is 0.0584 e. The van der Waals surface area contributed by atoms with Gasteiger partial charge < -0.3 is 15.2 Å². The van der Waals surface area contributed by atoms with Gasteiger partial charge in [-0.2, -0.15) is 0 Å². The summed E-state index contributed by atoms with van der Waals surface area (Å²) in [6, 6.07) is 0.704. The molecule has 0 saturated carbocycles. The molecule has 1 aliphatic rings. The Morgan fingerprint density at radius 2 is 2.38 bits per heavy atom. The van der Waals surface area contributed by atoms with Gasteiger partial charge in [0.25, 0.3) is 0 Å². The van der Waals surface area contributed by atoms with Crippen molar-refractivity contribution in [2.75, 3.05) is 19.8 Å². The zero-order valence-corrected chi connectivity index (χ0v) is 8.62. The van der Waals surface area contributed by atoms with Gasteiger partial charge in [-0.3, -0.25) is 0 Å². The lowest BCUT2D eigenvalue weighted by Gasteiger charge is -2.24. The van der Waals surface area contributed by atoms with Crippen LogP contribution in [0, 0.1) is 5.92 Å². The molecule has 3 heteroatoms. The Balaban J connectivity index is 2.25. The number of ether oxygens (including phenoxy) is 1. The van der Waals surface area contributed by atoms with Crippen LogP contribution in [0.3, 0.4) is 0 Å². The van der Waals surface area contributed by atoms with Crippen molar-refractivity contribution in [2.24, 2.45) is 5.92 Å². The molecule has 78 valence electrons. The van der Waals surface area contributed by atoms with E-state index < -0.39 is 0 Å². The van der Waals surface area contributed by atoms with Crippen molar-refractivity contribution >= 4 is 0 Å². The summed E-state index contributed by atoms with van der Waals surface area (Å²) in [6.07, 6.45) is 2.13. The highest BCUT2D eigenvalue weighted by Gasteiger charge is 2.23. The lowest BCUT2D eigenvalue weighted by atomic mass is 9.99. The first-order valence-corrected chi connectivity index (χ1v) is 5.22. The van der Waals surface area contributed by atoms with Crippen LogP contribution >= 0.6 is 0 Å². The zero-order valence-electron chi connectivity index (χ0n) is 8.62. The Morgan fingerprint density at radius 3 is 2.85 bits per heavy atom. The van der Waals surface area contributed by atoms with Gasteiger partial charge in [-0.05, 0) is 25.7 Å². The summed E-state index contributed by atoms with van der Waals surface area (Å²) < 4.78 is 5.32. The van der Waals surface area contributed by atoms with E-state index in [2.05, 4.69) is 19.2 Å². The van der Waals surface area contributed by atoms with Gasteiger partial charge in [-0.15, -0.1) is 0 Å². The number of aliphatic hydroxyl groups is 1. The van der Waals surface area contributed by atoms with Gasteiger partial charge in [0.15, 0.2) is 0 Å². The highest BCUT2D eigenvalue weighted by Crippen LogP contribution is 2.16. The standard InChI is InChI=1S/C10H21NO2/c1-3-10(6-12)11-8(2)9-4-5-13-7-9/h8-12H,3-7H2,1-2H3. The maximum atomic E-state index is 9.02. The fourth-order valence-electron chi connectivity index (χ4n) is 1.75. The van der Waals surface area contributed by atoms with Gasteiger partial charge in [0.05, 0.1) is 13.2 Å². The molecule has 1 saturated heterocycles. The van der Waals surface area contributed by atoms with Gasteiger partial charge >= 0.3 is 0 Å². The molecule has 3 atom stereocenters. The predicted octanol–water partition coefficient (Wildman–Crippen LogP) is 0.772. The average Bonchev–Trinajstić information content (AvgIpc) is 2.66. The largest absolute Gasteiger partial charge is 0.395 e. The van der Waals surface area contributed by atoms with E-state index >= 15 is 0 Å². The van der Waals surface area contributed by atoms with Gasteiger partial charge in [-0.25, -0.2) is 0 Å². The van der Waals surface area contributed by atoms with E-state index in [1.165, 1.54) is 0 Å². The molecule has 0 aromatic rings. The van der Waals surface area contributed by atoms with Crippen molar-refractivity contribution in [3.05, 3.63) is 0 Å². The second kappa shape index (κ2) is 5.58. The third kappa shape index (κ3) is 3.25. The summed E-state index contributed by atoms with van der Waals surface area (Å²) in [5.74, 6) is 0.626. The zero-order chi connectivity index (χ0) is 9.68. The van der Waals surface area contributed by atoms with Crippen molar-refractivity contribution in [1.82, 2.24) is 5.32 Å². The highest BCUT2D eigenvalue weighted by molar-refractivity contribution is 4.78. The van der Waals surface area contributed by atoms with Gasteiger partial charge in [0.1, 0.15) is 0 Å². The quantitative estimate of drug-likeness (QED) is 0.668. The Kier molecular flexibility index (Phi) is 4.70. The van der Waals surface area contributed by atoms with Crippen LogP contribution in [0.5, 0.6) is 0 Å². The molecule has 13 heavy (non-hydrogen) atoms. The van der Waals surface area contributed by atoms with Crippen LogP contribution in [0.1, 0.15) is 26.7 Å². The minimum absolute atomic E-state index is 0.231. The van der Waals surface area contributed by atoms with Crippen molar-refractivity contribution in [1.29, 1.82) is 0 Å². The van der Waals surface area contributed by atoms with Gasteiger partial charge in [0, 0.05) is 18.7 Å².